The Kier molecular flexibility index (Phi) is 6.14. The van der Waals surface area contributed by atoms with Gasteiger partial charge in [0.2, 0.25) is 5.91 Å². The summed E-state index contributed by atoms with van der Waals surface area (Å²) in [6, 6.07) is 0.533. The predicted molar refractivity (Wildman–Crippen MR) is 67.9 cm³/mol. The van der Waals surface area contributed by atoms with E-state index < -0.39 is 0 Å². The van der Waals surface area contributed by atoms with Crippen molar-refractivity contribution in [3.05, 3.63) is 0 Å². The monoisotopic (exact) mass is 246 g/mol. The molecule has 1 aliphatic rings. The summed E-state index contributed by atoms with van der Waals surface area (Å²) in [5, 5.41) is 0. The van der Waals surface area contributed by atoms with Crippen LogP contribution in [0.4, 0.5) is 0 Å². The normalized spacial score (nSPS) is 22.4. The molecule has 1 unspecified atom stereocenters. The van der Waals surface area contributed by atoms with Crippen LogP contribution in [0.3, 0.4) is 0 Å². The lowest BCUT2D eigenvalue weighted by atomic mass is 10.1. The van der Waals surface area contributed by atoms with Crippen molar-refractivity contribution < 1.29 is 4.79 Å². The number of alkyl halides is 1. The van der Waals surface area contributed by atoms with E-state index in [0.29, 0.717) is 24.2 Å². The lowest BCUT2D eigenvalue weighted by Crippen LogP contribution is -2.52. The summed E-state index contributed by atoms with van der Waals surface area (Å²) in [4.78, 5) is 16.3. The zero-order chi connectivity index (χ0) is 12.0. The van der Waals surface area contributed by atoms with Gasteiger partial charge in [-0.3, -0.25) is 9.69 Å². The Morgan fingerprint density at radius 2 is 2.12 bits per heavy atom. The number of hydrogen-bond acceptors (Lipinski definition) is 2. The summed E-state index contributed by atoms with van der Waals surface area (Å²) in [5.41, 5.74) is 0. The van der Waals surface area contributed by atoms with Crippen LogP contribution in [0.5, 0.6) is 0 Å². The van der Waals surface area contributed by atoms with E-state index in [1.165, 1.54) is 0 Å². The van der Waals surface area contributed by atoms with Crippen molar-refractivity contribution in [3.8, 4) is 0 Å². The number of unbranched alkanes of at least 4 members (excludes halogenated alkanes) is 1. The molecule has 1 fully saturated rings. The highest BCUT2D eigenvalue weighted by Crippen LogP contribution is 2.12. The van der Waals surface area contributed by atoms with E-state index in [1.807, 2.05) is 4.90 Å². The quantitative estimate of drug-likeness (QED) is 0.547. The molecule has 0 aromatic carbocycles. The minimum atomic E-state index is 0.302. The standard InChI is InChI=1S/C12H23ClN2O/c1-3-11-10-15(9-8-14(11)2)12(16)6-4-5-7-13/h11H,3-10H2,1-2H3. The van der Waals surface area contributed by atoms with Crippen LogP contribution in [0.1, 0.15) is 32.6 Å². The van der Waals surface area contributed by atoms with Crippen molar-refractivity contribution in [1.29, 1.82) is 0 Å². The SMILES string of the molecule is CCC1CN(C(=O)CCCCCl)CCN1C. The van der Waals surface area contributed by atoms with E-state index in [-0.39, 0.29) is 0 Å². The molecule has 1 heterocycles. The second-order valence-electron chi connectivity index (χ2n) is 4.53. The maximum atomic E-state index is 11.9. The lowest BCUT2D eigenvalue weighted by Gasteiger charge is -2.39. The molecule has 4 heteroatoms. The van der Waals surface area contributed by atoms with E-state index in [1.54, 1.807) is 0 Å². The Labute approximate surface area is 104 Å². The number of likely N-dealkylation sites (N-methyl/N-ethyl adjacent to an activating group) is 1. The average molecular weight is 247 g/mol. The predicted octanol–water partition coefficient (Wildman–Crippen LogP) is 1.95. The van der Waals surface area contributed by atoms with Crippen LogP contribution >= 0.6 is 11.6 Å². The van der Waals surface area contributed by atoms with Gasteiger partial charge in [-0.1, -0.05) is 6.92 Å². The molecule has 1 rings (SSSR count). The molecule has 0 spiro atoms. The van der Waals surface area contributed by atoms with Gasteiger partial charge in [0.05, 0.1) is 0 Å². The molecule has 0 aliphatic carbocycles. The summed E-state index contributed by atoms with van der Waals surface area (Å²) < 4.78 is 0. The van der Waals surface area contributed by atoms with Crippen molar-refractivity contribution in [3.63, 3.8) is 0 Å². The fourth-order valence-corrected chi connectivity index (χ4v) is 2.33. The molecular weight excluding hydrogens is 224 g/mol. The molecule has 0 radical (unpaired) electrons. The first-order valence-electron chi connectivity index (χ1n) is 6.23. The molecule has 0 aromatic rings. The van der Waals surface area contributed by atoms with Crippen LogP contribution in [-0.2, 0) is 4.79 Å². The number of carbonyl (C=O) groups excluding carboxylic acids is 1. The van der Waals surface area contributed by atoms with Crippen molar-refractivity contribution in [1.82, 2.24) is 9.80 Å². The van der Waals surface area contributed by atoms with E-state index in [0.717, 1.165) is 38.9 Å². The number of amides is 1. The van der Waals surface area contributed by atoms with Crippen molar-refractivity contribution in [2.24, 2.45) is 0 Å². The van der Waals surface area contributed by atoms with Crippen LogP contribution in [0.25, 0.3) is 0 Å². The zero-order valence-corrected chi connectivity index (χ0v) is 11.2. The van der Waals surface area contributed by atoms with E-state index in [9.17, 15) is 4.79 Å². The van der Waals surface area contributed by atoms with Crippen molar-refractivity contribution >= 4 is 17.5 Å². The van der Waals surface area contributed by atoms with Gasteiger partial charge in [0.1, 0.15) is 0 Å². The Morgan fingerprint density at radius 1 is 1.38 bits per heavy atom. The molecule has 0 N–H and O–H groups in total. The average Bonchev–Trinajstić information content (AvgIpc) is 2.30. The first kappa shape index (κ1) is 13.8. The zero-order valence-electron chi connectivity index (χ0n) is 10.4. The number of halogens is 1. The molecular formula is C12H23ClN2O. The smallest absolute Gasteiger partial charge is 0.222 e. The Hall–Kier alpha value is -0.280. The molecule has 94 valence electrons. The largest absolute Gasteiger partial charge is 0.340 e. The second-order valence-corrected chi connectivity index (χ2v) is 4.91. The highest BCUT2D eigenvalue weighted by atomic mass is 35.5. The first-order valence-corrected chi connectivity index (χ1v) is 6.76. The summed E-state index contributed by atoms with van der Waals surface area (Å²) in [6.07, 6.45) is 3.64. The molecule has 0 bridgehead atoms. The maximum absolute atomic E-state index is 11.9. The molecule has 1 saturated heterocycles. The van der Waals surface area contributed by atoms with Crippen LogP contribution in [-0.4, -0.2) is 54.3 Å². The third kappa shape index (κ3) is 3.95. The second kappa shape index (κ2) is 7.13. The first-order chi connectivity index (χ1) is 7.69. The molecule has 1 amide bonds. The molecule has 0 saturated carbocycles. The van der Waals surface area contributed by atoms with Gasteiger partial charge in [0, 0.05) is 38.0 Å². The number of nitrogens with zero attached hydrogens (tertiary/aromatic N) is 2. The van der Waals surface area contributed by atoms with Crippen molar-refractivity contribution in [2.45, 2.75) is 38.6 Å². The van der Waals surface area contributed by atoms with Gasteiger partial charge in [-0.2, -0.15) is 0 Å². The fraction of sp³-hybridized carbons (Fsp3) is 0.917. The van der Waals surface area contributed by atoms with Crippen LogP contribution < -0.4 is 0 Å². The minimum Gasteiger partial charge on any atom is -0.340 e. The molecule has 16 heavy (non-hydrogen) atoms. The number of carbonyl (C=O) groups is 1. The summed E-state index contributed by atoms with van der Waals surface area (Å²) in [6.45, 7) is 4.96. The number of piperazine rings is 1. The Balaban J connectivity index is 2.33. The Morgan fingerprint density at radius 3 is 2.75 bits per heavy atom. The summed E-state index contributed by atoms with van der Waals surface area (Å²) in [7, 11) is 2.14. The van der Waals surface area contributed by atoms with Gasteiger partial charge in [-0.25, -0.2) is 0 Å². The molecule has 1 atom stereocenters. The molecule has 3 nitrogen and oxygen atoms in total. The third-order valence-corrected chi connectivity index (χ3v) is 3.64. The van der Waals surface area contributed by atoms with Gasteiger partial charge in [-0.15, -0.1) is 11.6 Å². The van der Waals surface area contributed by atoms with Gasteiger partial charge < -0.3 is 4.90 Å². The minimum absolute atomic E-state index is 0.302. The number of rotatable bonds is 5. The fourth-order valence-electron chi connectivity index (χ4n) is 2.14. The van der Waals surface area contributed by atoms with Gasteiger partial charge in [0.25, 0.3) is 0 Å². The Bertz CT molecular complexity index is 223. The van der Waals surface area contributed by atoms with E-state index >= 15 is 0 Å². The molecule has 1 aliphatic heterocycles. The topological polar surface area (TPSA) is 23.6 Å². The van der Waals surface area contributed by atoms with Crippen LogP contribution in [0.2, 0.25) is 0 Å². The third-order valence-electron chi connectivity index (χ3n) is 3.38. The summed E-state index contributed by atoms with van der Waals surface area (Å²) >= 11 is 5.60. The van der Waals surface area contributed by atoms with Crippen LogP contribution in [0, 0.1) is 0 Å². The lowest BCUT2D eigenvalue weighted by molar-refractivity contribution is -0.134. The van der Waals surface area contributed by atoms with E-state index in [4.69, 9.17) is 11.6 Å². The van der Waals surface area contributed by atoms with Crippen LogP contribution in [0.15, 0.2) is 0 Å². The van der Waals surface area contributed by atoms with Gasteiger partial charge in [-0.05, 0) is 26.3 Å². The van der Waals surface area contributed by atoms with Gasteiger partial charge >= 0.3 is 0 Å². The highest BCUT2D eigenvalue weighted by Gasteiger charge is 2.25. The summed E-state index contributed by atoms with van der Waals surface area (Å²) in [5.74, 6) is 0.963. The van der Waals surface area contributed by atoms with Crippen molar-refractivity contribution in [2.75, 3.05) is 32.6 Å². The maximum Gasteiger partial charge on any atom is 0.222 e. The van der Waals surface area contributed by atoms with E-state index in [2.05, 4.69) is 18.9 Å². The highest BCUT2D eigenvalue weighted by molar-refractivity contribution is 6.17. The number of hydrogen-bond donors (Lipinski definition) is 0. The molecule has 0 aromatic heterocycles. The van der Waals surface area contributed by atoms with Gasteiger partial charge in [0.15, 0.2) is 0 Å².